The fourth-order valence-electron chi connectivity index (χ4n) is 1.94. The largest absolute Gasteiger partial charge is 0.464 e. The lowest BCUT2D eigenvalue weighted by Crippen LogP contribution is -2.11. The van der Waals surface area contributed by atoms with Crippen molar-refractivity contribution in [2.75, 3.05) is 20.3 Å². The van der Waals surface area contributed by atoms with Crippen LogP contribution in [0.2, 0.25) is 0 Å². The zero-order valence-electron chi connectivity index (χ0n) is 12.2. The summed E-state index contributed by atoms with van der Waals surface area (Å²) in [4.78, 5) is 11.0. The summed E-state index contributed by atoms with van der Waals surface area (Å²) in [5.74, 6) is -0.256. The van der Waals surface area contributed by atoms with E-state index in [9.17, 15) is 4.79 Å². The third-order valence-corrected chi connectivity index (χ3v) is 3.02. The average molecular weight is 258 g/mol. The van der Waals surface area contributed by atoms with Crippen LogP contribution in [0.5, 0.6) is 0 Å². The zero-order valence-corrected chi connectivity index (χ0v) is 12.2. The highest BCUT2D eigenvalue weighted by atomic mass is 16.6. The maximum absolute atomic E-state index is 11.0. The number of carbonyl (C=O) groups is 1. The van der Waals surface area contributed by atoms with Crippen molar-refractivity contribution in [3.8, 4) is 0 Å². The molecule has 0 amide bonds. The summed E-state index contributed by atoms with van der Waals surface area (Å²) in [6.45, 7) is 2.86. The Morgan fingerprint density at radius 3 is 1.83 bits per heavy atom. The second-order valence-electron chi connectivity index (χ2n) is 4.84. The van der Waals surface area contributed by atoms with E-state index in [1.165, 1.54) is 58.5 Å². The van der Waals surface area contributed by atoms with Crippen LogP contribution in [0.15, 0.2) is 0 Å². The predicted octanol–water partition coefficient (Wildman–Crippen LogP) is 4.10. The molecule has 108 valence electrons. The molecule has 0 aromatic heterocycles. The van der Waals surface area contributed by atoms with Gasteiger partial charge in [-0.15, -0.1) is 0 Å². The number of hydrogen-bond acceptors (Lipinski definition) is 3. The van der Waals surface area contributed by atoms with E-state index in [1.54, 1.807) is 0 Å². The van der Waals surface area contributed by atoms with Crippen LogP contribution >= 0.6 is 0 Å². The van der Waals surface area contributed by atoms with Gasteiger partial charge in [0, 0.05) is 7.11 Å². The molecule has 0 aliphatic rings. The smallest absolute Gasteiger partial charge is 0.332 e. The minimum absolute atomic E-state index is 0.0672. The number of methoxy groups -OCH3 is 1. The molecule has 3 nitrogen and oxygen atoms in total. The Balaban J connectivity index is 3.01. The van der Waals surface area contributed by atoms with E-state index < -0.39 is 0 Å². The molecule has 0 radical (unpaired) electrons. The molecule has 0 aliphatic heterocycles. The SMILES string of the molecule is CCCCCCCCCCCCOC(=O)COC. The summed E-state index contributed by atoms with van der Waals surface area (Å²) in [5, 5.41) is 0. The molecule has 0 bridgehead atoms. The van der Waals surface area contributed by atoms with Crippen LogP contribution in [-0.2, 0) is 14.3 Å². The molecule has 0 fully saturated rings. The molecular formula is C15H30O3. The number of esters is 1. The highest BCUT2D eigenvalue weighted by molar-refractivity contribution is 5.70. The lowest BCUT2D eigenvalue weighted by molar-refractivity contribution is -0.148. The van der Waals surface area contributed by atoms with Gasteiger partial charge < -0.3 is 9.47 Å². The van der Waals surface area contributed by atoms with Crippen molar-refractivity contribution in [2.45, 2.75) is 71.1 Å². The molecule has 3 heteroatoms. The van der Waals surface area contributed by atoms with Gasteiger partial charge in [-0.25, -0.2) is 4.79 Å². The molecule has 0 saturated heterocycles. The van der Waals surface area contributed by atoms with E-state index in [-0.39, 0.29) is 12.6 Å². The second-order valence-corrected chi connectivity index (χ2v) is 4.84. The van der Waals surface area contributed by atoms with E-state index >= 15 is 0 Å². The van der Waals surface area contributed by atoms with Crippen molar-refractivity contribution < 1.29 is 14.3 Å². The van der Waals surface area contributed by atoms with Gasteiger partial charge in [0.15, 0.2) is 0 Å². The van der Waals surface area contributed by atoms with Gasteiger partial charge in [-0.3, -0.25) is 0 Å². The van der Waals surface area contributed by atoms with Crippen molar-refractivity contribution in [3.05, 3.63) is 0 Å². The van der Waals surface area contributed by atoms with E-state index in [0.717, 1.165) is 12.8 Å². The van der Waals surface area contributed by atoms with Crippen LogP contribution in [0.3, 0.4) is 0 Å². The summed E-state index contributed by atoms with van der Waals surface area (Å²) in [6.07, 6.45) is 12.9. The molecular weight excluding hydrogens is 228 g/mol. The monoisotopic (exact) mass is 258 g/mol. The molecule has 0 aromatic rings. The Hall–Kier alpha value is -0.570. The lowest BCUT2D eigenvalue weighted by Gasteiger charge is -2.04. The standard InChI is InChI=1S/C15H30O3/c1-3-4-5-6-7-8-9-10-11-12-13-18-15(16)14-17-2/h3-14H2,1-2H3. The highest BCUT2D eigenvalue weighted by Gasteiger charge is 2.00. The van der Waals surface area contributed by atoms with E-state index in [2.05, 4.69) is 11.7 Å². The van der Waals surface area contributed by atoms with Crippen LogP contribution in [0.4, 0.5) is 0 Å². The Bertz CT molecular complexity index is 181. The fraction of sp³-hybridized carbons (Fsp3) is 0.933. The van der Waals surface area contributed by atoms with Crippen molar-refractivity contribution >= 4 is 5.97 Å². The molecule has 0 N–H and O–H groups in total. The van der Waals surface area contributed by atoms with Crippen LogP contribution in [0.25, 0.3) is 0 Å². The van der Waals surface area contributed by atoms with Gasteiger partial charge in [-0.05, 0) is 6.42 Å². The Kier molecular flexibility index (Phi) is 14.0. The van der Waals surface area contributed by atoms with Crippen molar-refractivity contribution in [1.29, 1.82) is 0 Å². The van der Waals surface area contributed by atoms with Gasteiger partial charge in [0.1, 0.15) is 6.61 Å². The molecule has 0 aliphatic carbocycles. The maximum Gasteiger partial charge on any atom is 0.332 e. The number of hydrogen-bond donors (Lipinski definition) is 0. The average Bonchev–Trinajstić information content (AvgIpc) is 2.36. The molecule has 0 aromatic carbocycles. The van der Waals surface area contributed by atoms with Gasteiger partial charge in [0.25, 0.3) is 0 Å². The third kappa shape index (κ3) is 13.5. The quantitative estimate of drug-likeness (QED) is 0.368. The van der Waals surface area contributed by atoms with Crippen LogP contribution in [0.1, 0.15) is 71.1 Å². The minimum Gasteiger partial charge on any atom is -0.464 e. The number of unbranched alkanes of at least 4 members (excludes halogenated alkanes) is 9. The van der Waals surface area contributed by atoms with Crippen LogP contribution < -0.4 is 0 Å². The minimum atomic E-state index is -0.256. The van der Waals surface area contributed by atoms with Crippen LogP contribution in [0, 0.1) is 0 Å². The number of ether oxygens (including phenoxy) is 2. The first-order valence-electron chi connectivity index (χ1n) is 7.45. The maximum atomic E-state index is 11.0. The van der Waals surface area contributed by atoms with Crippen LogP contribution in [-0.4, -0.2) is 26.3 Å². The summed E-state index contributed by atoms with van der Waals surface area (Å²) in [6, 6.07) is 0. The normalized spacial score (nSPS) is 10.6. The van der Waals surface area contributed by atoms with E-state index in [1.807, 2.05) is 0 Å². The predicted molar refractivity (Wildman–Crippen MR) is 74.7 cm³/mol. The first kappa shape index (κ1) is 17.4. The fourth-order valence-corrected chi connectivity index (χ4v) is 1.94. The topological polar surface area (TPSA) is 35.5 Å². The molecule has 0 spiro atoms. The Labute approximate surface area is 112 Å². The van der Waals surface area contributed by atoms with Gasteiger partial charge >= 0.3 is 5.97 Å². The van der Waals surface area contributed by atoms with Crippen molar-refractivity contribution in [1.82, 2.24) is 0 Å². The first-order valence-corrected chi connectivity index (χ1v) is 7.45. The second kappa shape index (κ2) is 14.5. The molecule has 0 unspecified atom stereocenters. The Morgan fingerprint density at radius 1 is 0.833 bits per heavy atom. The summed E-state index contributed by atoms with van der Waals surface area (Å²) < 4.78 is 9.67. The summed E-state index contributed by atoms with van der Waals surface area (Å²) >= 11 is 0. The van der Waals surface area contributed by atoms with Crippen molar-refractivity contribution in [2.24, 2.45) is 0 Å². The molecule has 0 heterocycles. The number of rotatable bonds is 13. The Morgan fingerprint density at radius 2 is 1.33 bits per heavy atom. The van der Waals surface area contributed by atoms with E-state index in [4.69, 9.17) is 4.74 Å². The first-order chi connectivity index (χ1) is 8.81. The highest BCUT2D eigenvalue weighted by Crippen LogP contribution is 2.10. The molecule has 18 heavy (non-hydrogen) atoms. The summed E-state index contributed by atoms with van der Waals surface area (Å²) in [7, 11) is 1.50. The molecule has 0 saturated carbocycles. The van der Waals surface area contributed by atoms with E-state index in [0.29, 0.717) is 6.61 Å². The van der Waals surface area contributed by atoms with Gasteiger partial charge in [0.05, 0.1) is 6.61 Å². The zero-order chi connectivity index (χ0) is 13.5. The van der Waals surface area contributed by atoms with Crippen molar-refractivity contribution in [3.63, 3.8) is 0 Å². The number of carbonyl (C=O) groups excluding carboxylic acids is 1. The third-order valence-electron chi connectivity index (χ3n) is 3.02. The summed E-state index contributed by atoms with van der Waals surface area (Å²) in [5.41, 5.74) is 0. The molecule has 0 atom stereocenters. The van der Waals surface area contributed by atoms with Gasteiger partial charge in [-0.2, -0.15) is 0 Å². The molecule has 0 rings (SSSR count). The van der Waals surface area contributed by atoms with Gasteiger partial charge in [0.2, 0.25) is 0 Å². The van der Waals surface area contributed by atoms with Gasteiger partial charge in [-0.1, -0.05) is 64.7 Å². The lowest BCUT2D eigenvalue weighted by atomic mass is 10.1.